The van der Waals surface area contributed by atoms with Crippen LogP contribution in [0, 0.1) is 0 Å². The highest BCUT2D eigenvalue weighted by molar-refractivity contribution is 7.90. The molecule has 4 aromatic rings. The standard InChI is InChI=1S/C31H28Cl2N2O7S/c1-43(40,41)23-4-2-3-18(13-23)5-8-22(16-27(36)37)34-30(38)28-25(32)14-21-17-35(11-9-24(21)29(28)33)31(39)20-7-6-19-10-12-42-26(19)15-20/h2-4,6-7,10,12-15,22H,5,8-9,11,16-17H2,1H3,(H,34,38)(H,36,37). The fourth-order valence-electron chi connectivity index (χ4n) is 5.27. The summed E-state index contributed by atoms with van der Waals surface area (Å²) in [4.78, 5) is 40.0. The number of carbonyl (C=O) groups excluding carboxylic acids is 2. The predicted octanol–water partition coefficient (Wildman–Crippen LogP) is 5.55. The average Bonchev–Trinajstić information content (AvgIpc) is 3.43. The van der Waals surface area contributed by atoms with Crippen LogP contribution in [0.3, 0.4) is 0 Å². The summed E-state index contributed by atoms with van der Waals surface area (Å²) in [5.74, 6) is -1.88. The first kappa shape index (κ1) is 30.6. The van der Waals surface area contributed by atoms with Gasteiger partial charge in [0.15, 0.2) is 9.84 Å². The summed E-state index contributed by atoms with van der Waals surface area (Å²) >= 11 is 13.3. The second-order valence-electron chi connectivity index (χ2n) is 10.6. The molecule has 12 heteroatoms. The zero-order valence-electron chi connectivity index (χ0n) is 23.1. The molecule has 43 heavy (non-hydrogen) atoms. The van der Waals surface area contributed by atoms with Crippen LogP contribution in [-0.2, 0) is 34.0 Å². The Hall–Kier alpha value is -3.86. The maximum absolute atomic E-state index is 13.4. The van der Waals surface area contributed by atoms with Crippen LogP contribution < -0.4 is 5.32 Å². The number of furan rings is 1. The number of aryl methyl sites for hydroxylation is 1. The molecule has 1 aliphatic heterocycles. The second-order valence-corrected chi connectivity index (χ2v) is 13.4. The van der Waals surface area contributed by atoms with Crippen molar-refractivity contribution < 1.29 is 32.3 Å². The number of amides is 2. The van der Waals surface area contributed by atoms with Gasteiger partial charge >= 0.3 is 5.97 Å². The van der Waals surface area contributed by atoms with Gasteiger partial charge in [0.1, 0.15) is 5.58 Å². The van der Waals surface area contributed by atoms with Crippen LogP contribution in [0.4, 0.5) is 0 Å². The number of halogens is 2. The molecule has 1 atom stereocenters. The number of carbonyl (C=O) groups is 3. The van der Waals surface area contributed by atoms with Crippen LogP contribution in [-0.4, -0.2) is 55.1 Å². The highest BCUT2D eigenvalue weighted by Crippen LogP contribution is 2.35. The number of nitrogens with zero attached hydrogens (tertiary/aromatic N) is 1. The third-order valence-corrected chi connectivity index (χ3v) is 9.31. The van der Waals surface area contributed by atoms with Crippen LogP contribution in [0.15, 0.2) is 70.2 Å². The van der Waals surface area contributed by atoms with E-state index in [2.05, 4.69) is 5.32 Å². The molecule has 3 aromatic carbocycles. The van der Waals surface area contributed by atoms with Crippen molar-refractivity contribution in [2.45, 2.75) is 43.2 Å². The molecule has 5 rings (SSSR count). The Morgan fingerprint density at radius 1 is 1.09 bits per heavy atom. The minimum Gasteiger partial charge on any atom is -0.481 e. The fraction of sp³-hybridized carbons (Fsp3) is 0.258. The number of hydrogen-bond acceptors (Lipinski definition) is 6. The first-order valence-electron chi connectivity index (χ1n) is 13.5. The van der Waals surface area contributed by atoms with Gasteiger partial charge in [0.2, 0.25) is 0 Å². The first-order chi connectivity index (χ1) is 20.4. The molecule has 2 amide bonds. The largest absolute Gasteiger partial charge is 0.481 e. The van der Waals surface area contributed by atoms with Crippen molar-refractivity contribution in [1.82, 2.24) is 10.2 Å². The number of nitrogens with one attached hydrogen (secondary N) is 1. The normalized spacial score (nSPS) is 13.9. The molecule has 0 bridgehead atoms. The van der Waals surface area contributed by atoms with Gasteiger partial charge in [-0.05, 0) is 72.4 Å². The van der Waals surface area contributed by atoms with E-state index < -0.39 is 27.8 Å². The van der Waals surface area contributed by atoms with Gasteiger partial charge < -0.3 is 19.7 Å². The average molecular weight is 644 g/mol. The van der Waals surface area contributed by atoms with E-state index in [1.807, 2.05) is 12.1 Å². The van der Waals surface area contributed by atoms with Crippen LogP contribution in [0.2, 0.25) is 10.0 Å². The van der Waals surface area contributed by atoms with Crippen molar-refractivity contribution in [3.8, 4) is 0 Å². The highest BCUT2D eigenvalue weighted by atomic mass is 35.5. The molecule has 224 valence electrons. The van der Waals surface area contributed by atoms with Crippen molar-refractivity contribution in [3.63, 3.8) is 0 Å². The van der Waals surface area contributed by atoms with Crippen LogP contribution in [0.25, 0.3) is 11.0 Å². The van der Waals surface area contributed by atoms with Gasteiger partial charge in [-0.1, -0.05) is 41.4 Å². The van der Waals surface area contributed by atoms with Crippen molar-refractivity contribution >= 4 is 61.8 Å². The van der Waals surface area contributed by atoms with Crippen molar-refractivity contribution in [2.24, 2.45) is 0 Å². The quantitative estimate of drug-likeness (QED) is 0.244. The fourth-order valence-corrected chi connectivity index (χ4v) is 6.72. The van der Waals surface area contributed by atoms with E-state index in [1.165, 1.54) is 12.1 Å². The zero-order chi connectivity index (χ0) is 30.9. The number of sulfone groups is 1. The van der Waals surface area contributed by atoms with Crippen molar-refractivity contribution in [1.29, 1.82) is 0 Å². The van der Waals surface area contributed by atoms with Crippen LogP contribution in [0.5, 0.6) is 0 Å². The number of fused-ring (bicyclic) bond motifs is 2. The molecule has 0 aliphatic carbocycles. The number of rotatable bonds is 9. The predicted molar refractivity (Wildman–Crippen MR) is 163 cm³/mol. The summed E-state index contributed by atoms with van der Waals surface area (Å²) in [6, 6.07) is 14.3. The van der Waals surface area contributed by atoms with Gasteiger partial charge in [0, 0.05) is 36.3 Å². The van der Waals surface area contributed by atoms with Crippen molar-refractivity contribution in [2.75, 3.05) is 12.8 Å². The number of aliphatic carboxylic acids is 1. The van der Waals surface area contributed by atoms with Gasteiger partial charge in [-0.2, -0.15) is 0 Å². The van der Waals surface area contributed by atoms with E-state index >= 15 is 0 Å². The molecule has 0 saturated carbocycles. The Balaban J connectivity index is 1.31. The monoisotopic (exact) mass is 642 g/mol. The SMILES string of the molecule is CS(=O)(=O)c1cccc(CCC(CC(=O)O)NC(=O)c2c(Cl)cc3c(c2Cl)CCN(C(=O)c2ccc4ccoc4c2)C3)c1. The van der Waals surface area contributed by atoms with E-state index in [4.69, 9.17) is 27.6 Å². The lowest BCUT2D eigenvalue weighted by molar-refractivity contribution is -0.137. The number of carboxylic acids is 1. The zero-order valence-corrected chi connectivity index (χ0v) is 25.4. The molecule has 0 spiro atoms. The smallest absolute Gasteiger partial charge is 0.305 e. The van der Waals surface area contributed by atoms with E-state index in [0.29, 0.717) is 41.7 Å². The lowest BCUT2D eigenvalue weighted by atomic mass is 9.95. The maximum Gasteiger partial charge on any atom is 0.305 e. The Bertz CT molecular complexity index is 1850. The summed E-state index contributed by atoms with van der Waals surface area (Å²) in [5.41, 5.74) is 3.27. The lowest BCUT2D eigenvalue weighted by Gasteiger charge is -2.30. The molecule has 1 aromatic heterocycles. The Morgan fingerprint density at radius 2 is 1.88 bits per heavy atom. The summed E-state index contributed by atoms with van der Waals surface area (Å²) in [5, 5.41) is 13.4. The van der Waals surface area contributed by atoms with Gasteiger partial charge in [0.05, 0.1) is 33.2 Å². The highest BCUT2D eigenvalue weighted by Gasteiger charge is 2.29. The molecule has 0 radical (unpaired) electrons. The Morgan fingerprint density at radius 3 is 2.63 bits per heavy atom. The third-order valence-electron chi connectivity index (χ3n) is 7.49. The Labute approximate surface area is 258 Å². The number of benzene rings is 3. The Kier molecular flexibility index (Phi) is 8.82. The van der Waals surface area contributed by atoms with Gasteiger partial charge in [0.25, 0.3) is 11.8 Å². The third kappa shape index (κ3) is 6.87. The number of hydrogen-bond donors (Lipinski definition) is 2. The van der Waals surface area contributed by atoms with Gasteiger partial charge in [-0.15, -0.1) is 0 Å². The summed E-state index contributed by atoms with van der Waals surface area (Å²) in [6.45, 7) is 0.624. The minimum atomic E-state index is -3.40. The molecular weight excluding hydrogens is 615 g/mol. The molecule has 2 heterocycles. The maximum atomic E-state index is 13.4. The first-order valence-corrected chi connectivity index (χ1v) is 16.1. The van der Waals surface area contributed by atoms with Gasteiger partial charge in [-0.25, -0.2) is 8.42 Å². The van der Waals surface area contributed by atoms with Crippen LogP contribution >= 0.6 is 23.2 Å². The van der Waals surface area contributed by atoms with Gasteiger partial charge in [-0.3, -0.25) is 14.4 Å². The number of carboxylic acid groups (broad SMARTS) is 1. The summed E-state index contributed by atoms with van der Waals surface area (Å²) in [6.07, 6.45) is 3.31. The topological polar surface area (TPSA) is 134 Å². The molecule has 1 aliphatic rings. The van der Waals surface area contributed by atoms with Crippen LogP contribution in [0.1, 0.15) is 50.2 Å². The molecule has 0 saturated heterocycles. The molecule has 9 nitrogen and oxygen atoms in total. The van der Waals surface area contributed by atoms with E-state index in [0.717, 1.165) is 17.2 Å². The summed E-state index contributed by atoms with van der Waals surface area (Å²) < 4.78 is 29.2. The molecular formula is C31H28Cl2N2O7S. The minimum absolute atomic E-state index is 0.0413. The second kappa shape index (κ2) is 12.4. The van der Waals surface area contributed by atoms with E-state index in [9.17, 15) is 27.9 Å². The molecule has 0 fully saturated rings. The van der Waals surface area contributed by atoms with Crippen molar-refractivity contribution in [3.05, 3.63) is 98.7 Å². The summed E-state index contributed by atoms with van der Waals surface area (Å²) in [7, 11) is -3.40. The lowest BCUT2D eigenvalue weighted by Crippen LogP contribution is -2.38. The molecule has 2 N–H and O–H groups in total. The van der Waals surface area contributed by atoms with E-state index in [1.54, 1.807) is 41.5 Å². The molecule has 1 unspecified atom stereocenters. The van der Waals surface area contributed by atoms with E-state index in [-0.39, 0.29) is 45.8 Å².